The van der Waals surface area contributed by atoms with Gasteiger partial charge >= 0.3 is 0 Å². The van der Waals surface area contributed by atoms with Crippen LogP contribution in [-0.4, -0.2) is 24.2 Å². The van der Waals surface area contributed by atoms with Gasteiger partial charge in [-0.15, -0.1) is 0 Å². The van der Waals surface area contributed by atoms with Crippen LogP contribution in [0.5, 0.6) is 0 Å². The molecule has 0 aliphatic rings. The number of rotatable bonds is 3. The van der Waals surface area contributed by atoms with E-state index in [1.54, 1.807) is 12.1 Å². The molecule has 1 aromatic carbocycles. The Morgan fingerprint density at radius 2 is 1.53 bits per heavy atom. The third-order valence-corrected chi connectivity index (χ3v) is 3.13. The molecule has 0 aliphatic heterocycles. The van der Waals surface area contributed by atoms with Crippen LogP contribution in [0.2, 0.25) is 0 Å². The molecule has 0 bridgehead atoms. The van der Waals surface area contributed by atoms with E-state index in [1.807, 2.05) is 20.8 Å². The molecule has 4 nitrogen and oxygen atoms in total. The second kappa shape index (κ2) is 7.42. The van der Waals surface area contributed by atoms with Crippen molar-refractivity contribution in [1.82, 2.24) is 0 Å². The van der Waals surface area contributed by atoms with Crippen molar-refractivity contribution in [2.45, 2.75) is 44.6 Å². The molecule has 0 saturated carbocycles. The molecule has 0 amide bonds. The van der Waals surface area contributed by atoms with Gasteiger partial charge in [-0.25, -0.2) is 0 Å². The van der Waals surface area contributed by atoms with E-state index in [0.29, 0.717) is 0 Å². The maximum atomic E-state index is 10.5. The summed E-state index contributed by atoms with van der Waals surface area (Å²) in [6, 6.07) is 5.99. The molecule has 17 heavy (non-hydrogen) atoms. The molecule has 0 unspecified atom stereocenters. The first-order valence-electron chi connectivity index (χ1n) is 5.53. The fourth-order valence-corrected chi connectivity index (χ4v) is 1.48. The van der Waals surface area contributed by atoms with E-state index < -0.39 is 10.1 Å². The summed E-state index contributed by atoms with van der Waals surface area (Å²) in [5.41, 5.74) is 0.956. The van der Waals surface area contributed by atoms with Crippen molar-refractivity contribution in [2.75, 3.05) is 0 Å². The van der Waals surface area contributed by atoms with Gasteiger partial charge in [0.1, 0.15) is 0 Å². The van der Waals surface area contributed by atoms with Crippen molar-refractivity contribution in [3.63, 3.8) is 0 Å². The Kier molecular flexibility index (Phi) is 7.03. The van der Waals surface area contributed by atoms with Crippen molar-refractivity contribution < 1.29 is 18.1 Å². The smallest absolute Gasteiger partial charge is 0.294 e. The molecule has 1 rings (SSSR count). The SMILES string of the molecule is CCC(O)CC.Cc1ccc(S(=O)(=O)O)cc1. The average Bonchev–Trinajstić information content (AvgIpc) is 2.28. The van der Waals surface area contributed by atoms with Crippen LogP contribution in [0, 0.1) is 6.92 Å². The molecule has 0 fully saturated rings. The van der Waals surface area contributed by atoms with E-state index in [4.69, 9.17) is 9.66 Å². The molecule has 0 aliphatic carbocycles. The van der Waals surface area contributed by atoms with Gasteiger partial charge in [0.15, 0.2) is 0 Å². The number of aliphatic hydroxyl groups is 1. The van der Waals surface area contributed by atoms with Crippen LogP contribution in [0.3, 0.4) is 0 Å². The van der Waals surface area contributed by atoms with Gasteiger partial charge in [0.05, 0.1) is 11.0 Å². The lowest BCUT2D eigenvalue weighted by atomic mass is 10.2. The number of aliphatic hydroxyl groups excluding tert-OH is 1. The van der Waals surface area contributed by atoms with Gasteiger partial charge in [-0.05, 0) is 31.9 Å². The summed E-state index contributed by atoms with van der Waals surface area (Å²) in [6.07, 6.45) is 1.71. The standard InChI is InChI=1S/C7H8O3S.C5H12O/c1-6-2-4-7(5-3-6)11(8,9)10;1-3-5(6)4-2/h2-5H,1H3,(H,8,9,10);5-6H,3-4H2,1-2H3. The van der Waals surface area contributed by atoms with Gasteiger partial charge in [0.25, 0.3) is 10.1 Å². The lowest BCUT2D eigenvalue weighted by Gasteiger charge is -1.98. The van der Waals surface area contributed by atoms with Gasteiger partial charge in [0.2, 0.25) is 0 Å². The van der Waals surface area contributed by atoms with E-state index in [0.717, 1.165) is 18.4 Å². The fraction of sp³-hybridized carbons (Fsp3) is 0.500. The second-order valence-electron chi connectivity index (χ2n) is 3.76. The Morgan fingerprint density at radius 3 is 1.76 bits per heavy atom. The van der Waals surface area contributed by atoms with Crippen LogP contribution >= 0.6 is 0 Å². The Labute approximate surface area is 103 Å². The lowest BCUT2D eigenvalue weighted by Crippen LogP contribution is -1.99. The highest BCUT2D eigenvalue weighted by atomic mass is 32.2. The highest BCUT2D eigenvalue weighted by molar-refractivity contribution is 7.85. The van der Waals surface area contributed by atoms with E-state index in [1.165, 1.54) is 12.1 Å². The van der Waals surface area contributed by atoms with Crippen LogP contribution in [-0.2, 0) is 10.1 Å². The van der Waals surface area contributed by atoms with E-state index >= 15 is 0 Å². The summed E-state index contributed by atoms with van der Waals surface area (Å²) in [4.78, 5) is -0.0666. The molecule has 0 aromatic heterocycles. The average molecular weight is 260 g/mol. The molecule has 0 saturated heterocycles. The maximum Gasteiger partial charge on any atom is 0.294 e. The quantitative estimate of drug-likeness (QED) is 0.818. The minimum Gasteiger partial charge on any atom is -0.393 e. The van der Waals surface area contributed by atoms with E-state index in [9.17, 15) is 8.42 Å². The topological polar surface area (TPSA) is 74.6 Å². The predicted octanol–water partition coefficient (Wildman–Crippen LogP) is 2.41. The predicted molar refractivity (Wildman–Crippen MR) is 67.6 cm³/mol. The Bertz CT molecular complexity index is 405. The van der Waals surface area contributed by atoms with E-state index in [2.05, 4.69) is 0 Å². The van der Waals surface area contributed by atoms with Crippen molar-refractivity contribution in [2.24, 2.45) is 0 Å². The minimum absolute atomic E-state index is 0.0648. The van der Waals surface area contributed by atoms with Crippen LogP contribution in [0.15, 0.2) is 29.2 Å². The molecule has 0 heterocycles. The normalized spacial score (nSPS) is 10.9. The Hall–Kier alpha value is -0.910. The zero-order valence-corrected chi connectivity index (χ0v) is 11.2. The van der Waals surface area contributed by atoms with Gasteiger partial charge in [-0.3, -0.25) is 4.55 Å². The van der Waals surface area contributed by atoms with Crippen molar-refractivity contribution >= 4 is 10.1 Å². The van der Waals surface area contributed by atoms with Crippen LogP contribution in [0.1, 0.15) is 32.3 Å². The third kappa shape index (κ3) is 7.10. The summed E-state index contributed by atoms with van der Waals surface area (Å²) in [5.74, 6) is 0. The lowest BCUT2D eigenvalue weighted by molar-refractivity contribution is 0.166. The second-order valence-corrected chi connectivity index (χ2v) is 5.18. The summed E-state index contributed by atoms with van der Waals surface area (Å²) >= 11 is 0. The van der Waals surface area contributed by atoms with Gasteiger partial charge < -0.3 is 5.11 Å². The molecule has 0 atom stereocenters. The summed E-state index contributed by atoms with van der Waals surface area (Å²) in [5, 5.41) is 8.67. The first-order chi connectivity index (χ1) is 7.81. The first-order valence-corrected chi connectivity index (χ1v) is 6.97. The zero-order valence-electron chi connectivity index (χ0n) is 10.4. The fourth-order valence-electron chi connectivity index (χ4n) is 0.999. The van der Waals surface area contributed by atoms with E-state index in [-0.39, 0.29) is 11.0 Å². The number of hydrogen-bond donors (Lipinski definition) is 2. The van der Waals surface area contributed by atoms with Crippen LogP contribution < -0.4 is 0 Å². The Morgan fingerprint density at radius 1 is 1.12 bits per heavy atom. The zero-order chi connectivity index (χ0) is 13.5. The highest BCUT2D eigenvalue weighted by Crippen LogP contribution is 2.08. The number of aryl methyl sites for hydroxylation is 1. The summed E-state index contributed by atoms with van der Waals surface area (Å²) in [6.45, 7) is 5.80. The molecular weight excluding hydrogens is 240 g/mol. The van der Waals surface area contributed by atoms with Gasteiger partial charge in [0, 0.05) is 0 Å². The van der Waals surface area contributed by atoms with Gasteiger partial charge in [-0.2, -0.15) is 8.42 Å². The van der Waals surface area contributed by atoms with Crippen molar-refractivity contribution in [3.05, 3.63) is 29.8 Å². The Balaban J connectivity index is 0.000000366. The highest BCUT2D eigenvalue weighted by Gasteiger charge is 2.06. The number of benzene rings is 1. The van der Waals surface area contributed by atoms with Crippen molar-refractivity contribution in [1.29, 1.82) is 0 Å². The molecule has 1 aromatic rings. The summed E-state index contributed by atoms with van der Waals surface area (Å²) in [7, 11) is -4.02. The largest absolute Gasteiger partial charge is 0.393 e. The molecule has 0 spiro atoms. The molecule has 2 N–H and O–H groups in total. The van der Waals surface area contributed by atoms with Crippen molar-refractivity contribution in [3.8, 4) is 0 Å². The maximum absolute atomic E-state index is 10.5. The van der Waals surface area contributed by atoms with Crippen LogP contribution in [0.25, 0.3) is 0 Å². The molecule has 0 radical (unpaired) electrons. The monoisotopic (exact) mass is 260 g/mol. The first kappa shape index (κ1) is 16.1. The number of hydrogen-bond acceptors (Lipinski definition) is 3. The molecular formula is C12H20O4S. The van der Waals surface area contributed by atoms with Gasteiger partial charge in [-0.1, -0.05) is 31.5 Å². The summed E-state index contributed by atoms with van der Waals surface area (Å²) < 4.78 is 29.6. The molecule has 5 heteroatoms. The minimum atomic E-state index is -4.02. The van der Waals surface area contributed by atoms with Crippen LogP contribution in [0.4, 0.5) is 0 Å². The molecule has 98 valence electrons. The third-order valence-electron chi connectivity index (χ3n) is 2.26.